The first-order valence-corrected chi connectivity index (χ1v) is 10.4. The highest BCUT2D eigenvalue weighted by atomic mass is 16.5. The minimum Gasteiger partial charge on any atom is -0.496 e. The van der Waals surface area contributed by atoms with E-state index in [9.17, 15) is 4.79 Å². The number of hydrogen-bond acceptors (Lipinski definition) is 5. The third kappa shape index (κ3) is 4.54. The highest BCUT2D eigenvalue weighted by Gasteiger charge is 2.26. The Morgan fingerprint density at radius 2 is 1.83 bits per heavy atom. The number of rotatable bonds is 7. The van der Waals surface area contributed by atoms with Gasteiger partial charge in [-0.25, -0.2) is 0 Å². The molecule has 0 radical (unpaired) electrons. The molecular weight excluding hydrogens is 378 g/mol. The fourth-order valence-corrected chi connectivity index (χ4v) is 4.01. The molecule has 2 heterocycles. The zero-order valence-electron chi connectivity index (χ0n) is 17.2. The fourth-order valence-electron chi connectivity index (χ4n) is 4.01. The number of aromatic nitrogens is 1. The van der Waals surface area contributed by atoms with E-state index >= 15 is 0 Å². The zero-order chi connectivity index (χ0) is 20.8. The highest BCUT2D eigenvalue weighted by molar-refractivity contribution is 5.93. The Hall–Kier alpha value is -3.12. The first-order valence-electron chi connectivity index (χ1n) is 10.4. The van der Waals surface area contributed by atoms with Crippen LogP contribution in [-0.4, -0.2) is 42.7 Å². The Kier molecular flexibility index (Phi) is 6.44. The van der Waals surface area contributed by atoms with Gasteiger partial charge in [-0.2, -0.15) is 0 Å². The van der Waals surface area contributed by atoms with E-state index in [0.717, 1.165) is 30.0 Å². The monoisotopic (exact) mass is 405 g/mol. The van der Waals surface area contributed by atoms with E-state index in [-0.39, 0.29) is 17.6 Å². The van der Waals surface area contributed by atoms with Crippen LogP contribution in [0.2, 0.25) is 0 Å². The van der Waals surface area contributed by atoms with Crippen LogP contribution in [0.4, 0.5) is 0 Å². The van der Waals surface area contributed by atoms with Crippen molar-refractivity contribution in [2.24, 2.45) is 0 Å². The lowest BCUT2D eigenvalue weighted by atomic mass is 10.0. The molecule has 1 N–H and O–H groups in total. The summed E-state index contributed by atoms with van der Waals surface area (Å²) in [5, 5.41) is 7.02. The standard InChI is InChI=1S/C24H27N3O3/c1-29-22-13-7-6-12-19(22)21(27-14-8-3-9-15-27)17-25-24(28)20-16-23(30-26-20)18-10-4-2-5-11-18/h2,4-7,10-13,16,21H,3,8-9,14-15,17H2,1H3,(H,25,28)/t21-/m0/s1. The smallest absolute Gasteiger partial charge is 0.273 e. The van der Waals surface area contributed by atoms with Crippen LogP contribution in [0.5, 0.6) is 5.75 Å². The molecule has 2 aromatic carbocycles. The normalized spacial score (nSPS) is 15.5. The van der Waals surface area contributed by atoms with Crippen molar-refractivity contribution in [3.63, 3.8) is 0 Å². The Balaban J connectivity index is 1.49. The quantitative estimate of drug-likeness (QED) is 0.635. The Morgan fingerprint density at radius 3 is 2.60 bits per heavy atom. The largest absolute Gasteiger partial charge is 0.496 e. The molecule has 1 aliphatic heterocycles. The van der Waals surface area contributed by atoms with Crippen molar-refractivity contribution in [3.05, 3.63) is 71.9 Å². The van der Waals surface area contributed by atoms with Crippen LogP contribution in [0.15, 0.2) is 65.2 Å². The number of hydrogen-bond donors (Lipinski definition) is 1. The molecule has 0 aliphatic carbocycles. The Morgan fingerprint density at radius 1 is 1.10 bits per heavy atom. The van der Waals surface area contributed by atoms with E-state index in [2.05, 4.69) is 21.4 Å². The summed E-state index contributed by atoms with van der Waals surface area (Å²) in [6, 6.07) is 19.4. The van der Waals surface area contributed by atoms with E-state index in [4.69, 9.17) is 9.26 Å². The number of piperidine rings is 1. The lowest BCUT2D eigenvalue weighted by Gasteiger charge is -2.35. The number of carbonyl (C=O) groups excluding carboxylic acids is 1. The molecule has 1 atom stereocenters. The molecule has 1 amide bonds. The summed E-state index contributed by atoms with van der Waals surface area (Å²) in [6.07, 6.45) is 3.59. The second kappa shape index (κ2) is 9.59. The number of carbonyl (C=O) groups is 1. The van der Waals surface area contributed by atoms with E-state index in [0.29, 0.717) is 12.3 Å². The number of benzene rings is 2. The van der Waals surface area contributed by atoms with Crippen molar-refractivity contribution in [2.45, 2.75) is 25.3 Å². The molecule has 1 aliphatic rings. The van der Waals surface area contributed by atoms with E-state index in [1.807, 2.05) is 48.5 Å². The lowest BCUT2D eigenvalue weighted by molar-refractivity contribution is 0.0914. The van der Waals surface area contributed by atoms with Gasteiger partial charge in [0.15, 0.2) is 11.5 Å². The van der Waals surface area contributed by atoms with Crippen LogP contribution in [0.25, 0.3) is 11.3 Å². The van der Waals surface area contributed by atoms with Gasteiger partial charge >= 0.3 is 0 Å². The fraction of sp³-hybridized carbons (Fsp3) is 0.333. The van der Waals surface area contributed by atoms with Gasteiger partial charge in [0.05, 0.1) is 13.2 Å². The number of methoxy groups -OCH3 is 1. The molecule has 1 aromatic heterocycles. The number of amides is 1. The average Bonchev–Trinajstić information content (AvgIpc) is 3.31. The summed E-state index contributed by atoms with van der Waals surface area (Å²) in [5.74, 6) is 1.19. The van der Waals surface area contributed by atoms with Gasteiger partial charge in [-0.1, -0.05) is 60.1 Å². The predicted octanol–water partition coefficient (Wildman–Crippen LogP) is 4.31. The van der Waals surface area contributed by atoms with Crippen molar-refractivity contribution < 1.29 is 14.1 Å². The second-order valence-electron chi connectivity index (χ2n) is 7.51. The highest BCUT2D eigenvalue weighted by Crippen LogP contribution is 2.31. The van der Waals surface area contributed by atoms with Gasteiger partial charge in [-0.15, -0.1) is 0 Å². The lowest BCUT2D eigenvalue weighted by Crippen LogP contribution is -2.40. The Labute approximate surface area is 176 Å². The van der Waals surface area contributed by atoms with Crippen LogP contribution < -0.4 is 10.1 Å². The van der Waals surface area contributed by atoms with Gasteiger partial charge in [-0.3, -0.25) is 9.69 Å². The third-order valence-corrected chi connectivity index (χ3v) is 5.59. The summed E-state index contributed by atoms with van der Waals surface area (Å²) < 4.78 is 11.0. The summed E-state index contributed by atoms with van der Waals surface area (Å²) in [4.78, 5) is 15.2. The van der Waals surface area contributed by atoms with Crippen molar-refractivity contribution in [1.82, 2.24) is 15.4 Å². The molecule has 30 heavy (non-hydrogen) atoms. The van der Waals surface area contributed by atoms with Crippen LogP contribution in [0, 0.1) is 0 Å². The predicted molar refractivity (Wildman–Crippen MR) is 115 cm³/mol. The second-order valence-corrected chi connectivity index (χ2v) is 7.51. The summed E-state index contributed by atoms with van der Waals surface area (Å²) in [5.41, 5.74) is 2.27. The van der Waals surface area contributed by atoms with Crippen molar-refractivity contribution in [1.29, 1.82) is 0 Å². The van der Waals surface area contributed by atoms with Crippen LogP contribution in [0.3, 0.4) is 0 Å². The van der Waals surface area contributed by atoms with E-state index in [1.165, 1.54) is 19.3 Å². The summed E-state index contributed by atoms with van der Waals surface area (Å²) in [6.45, 7) is 2.51. The molecule has 0 bridgehead atoms. The van der Waals surface area contributed by atoms with Gasteiger partial charge in [0, 0.05) is 23.7 Å². The van der Waals surface area contributed by atoms with Gasteiger partial charge in [-0.05, 0) is 32.0 Å². The topological polar surface area (TPSA) is 67.6 Å². The number of nitrogens with one attached hydrogen (secondary N) is 1. The van der Waals surface area contributed by atoms with Crippen molar-refractivity contribution >= 4 is 5.91 Å². The molecule has 0 unspecified atom stereocenters. The minimum absolute atomic E-state index is 0.0471. The maximum absolute atomic E-state index is 12.8. The minimum atomic E-state index is -0.238. The zero-order valence-corrected chi connectivity index (χ0v) is 17.2. The number of ether oxygens (including phenoxy) is 1. The van der Waals surface area contributed by atoms with Gasteiger partial charge in [0.25, 0.3) is 5.91 Å². The molecule has 6 heteroatoms. The number of para-hydroxylation sites is 1. The maximum Gasteiger partial charge on any atom is 0.273 e. The Bertz CT molecular complexity index is 965. The van der Waals surface area contributed by atoms with E-state index < -0.39 is 0 Å². The van der Waals surface area contributed by atoms with Crippen molar-refractivity contribution in [2.75, 3.05) is 26.7 Å². The van der Waals surface area contributed by atoms with E-state index in [1.54, 1.807) is 13.2 Å². The van der Waals surface area contributed by atoms with Gasteiger partial charge in [0.2, 0.25) is 0 Å². The molecule has 3 aromatic rings. The van der Waals surface area contributed by atoms with Gasteiger partial charge in [0.1, 0.15) is 5.75 Å². The molecule has 0 spiro atoms. The van der Waals surface area contributed by atoms with Crippen LogP contribution >= 0.6 is 0 Å². The molecule has 6 nitrogen and oxygen atoms in total. The first-order chi connectivity index (χ1) is 14.8. The molecule has 156 valence electrons. The van der Waals surface area contributed by atoms with Crippen LogP contribution in [0.1, 0.15) is 41.4 Å². The number of likely N-dealkylation sites (tertiary alicyclic amines) is 1. The first kappa shape index (κ1) is 20.2. The summed E-state index contributed by atoms with van der Waals surface area (Å²) >= 11 is 0. The van der Waals surface area contributed by atoms with Crippen molar-refractivity contribution in [3.8, 4) is 17.1 Å². The SMILES string of the molecule is COc1ccccc1[C@H](CNC(=O)c1cc(-c2ccccc2)on1)N1CCCCC1. The molecule has 1 fully saturated rings. The molecule has 1 saturated heterocycles. The average molecular weight is 405 g/mol. The maximum atomic E-state index is 12.8. The van der Waals surface area contributed by atoms with Gasteiger partial charge < -0.3 is 14.6 Å². The number of nitrogens with zero attached hydrogens (tertiary/aromatic N) is 2. The molecular formula is C24H27N3O3. The molecule has 0 saturated carbocycles. The summed E-state index contributed by atoms with van der Waals surface area (Å²) in [7, 11) is 1.69. The molecule has 4 rings (SSSR count). The van der Waals surface area contributed by atoms with Crippen LogP contribution in [-0.2, 0) is 0 Å². The third-order valence-electron chi connectivity index (χ3n) is 5.59.